The largest absolute Gasteiger partial charge is 0.491 e. The molecular weight excluding hydrogens is 865 g/mol. The molecule has 4 aliphatic heterocycles. The number of aliphatic hydroxyl groups is 11. The molecule has 66 heavy (non-hydrogen) atoms. The molecule has 0 amide bonds. The fourth-order valence-electron chi connectivity index (χ4n) is 16.4. The van der Waals surface area contributed by atoms with Gasteiger partial charge in [-0.2, -0.15) is 0 Å². The lowest BCUT2D eigenvalue weighted by Crippen LogP contribution is -2.74. The van der Waals surface area contributed by atoms with Crippen molar-refractivity contribution in [2.75, 3.05) is 26.4 Å². The highest BCUT2D eigenvalue weighted by atomic mass is 16.8. The van der Waals surface area contributed by atoms with Gasteiger partial charge in [0.25, 0.3) is 0 Å². The first kappa shape index (κ1) is 49.8. The Hall–Kier alpha value is -1.14. The fraction of sp³-hybridized carbons (Fsp3) is 0.958. The van der Waals surface area contributed by atoms with Crippen molar-refractivity contribution in [3.8, 4) is 0 Å². The van der Waals surface area contributed by atoms with E-state index in [9.17, 15) is 56.2 Å². The predicted molar refractivity (Wildman–Crippen MR) is 229 cm³/mol. The van der Waals surface area contributed by atoms with E-state index in [2.05, 4.69) is 48.1 Å². The zero-order valence-electron chi connectivity index (χ0n) is 39.4. The van der Waals surface area contributed by atoms with E-state index in [1.807, 2.05) is 0 Å². The van der Waals surface area contributed by atoms with E-state index < -0.39 is 128 Å². The Kier molecular flexibility index (Phi) is 12.8. The van der Waals surface area contributed by atoms with Crippen LogP contribution >= 0.6 is 0 Å². The molecule has 11 N–H and O–H groups in total. The Labute approximate surface area is 387 Å². The van der Waals surface area contributed by atoms with Crippen molar-refractivity contribution >= 4 is 0 Å². The summed E-state index contributed by atoms with van der Waals surface area (Å²) < 4.78 is 43.8. The minimum absolute atomic E-state index is 0.0484. The minimum atomic E-state index is -1.83. The first-order valence-electron chi connectivity index (χ1n) is 24.5. The molecule has 9 rings (SSSR count). The third-order valence-electron chi connectivity index (χ3n) is 20.4. The van der Waals surface area contributed by atoms with Crippen LogP contribution in [0.25, 0.3) is 0 Å². The SMILES string of the molecule is C=C1O[C@]23CC[C@@H]4[C@@]5(C)CC[C@H](O[C@@H]6OC[C@H](O[C@@H]7O[C@H](CO)[C@@H](O)[C@H](O)[C@H]7O)[C@H](O)[C@H]6O[C@@H]6O[C@H](CO)[C@@H](O)[C@H](O)[C@H]6O)C(C)(C)[C@@H]5CC[C@@]4(C)[C@]2(C)C[C@@H](O)[C@]12CC[C@](C)(CO)C[C@H]23. The molecular formula is C48H78O18. The maximum absolute atomic E-state index is 12.4. The highest BCUT2D eigenvalue weighted by Crippen LogP contribution is 2.82. The van der Waals surface area contributed by atoms with Crippen molar-refractivity contribution in [1.82, 2.24) is 0 Å². The second-order valence-electron chi connectivity index (χ2n) is 23.7. The van der Waals surface area contributed by atoms with Crippen LogP contribution in [0.15, 0.2) is 12.3 Å². The summed E-state index contributed by atoms with van der Waals surface area (Å²) in [5, 5.41) is 118. The van der Waals surface area contributed by atoms with Crippen LogP contribution in [0.1, 0.15) is 106 Å². The highest BCUT2D eigenvalue weighted by molar-refractivity contribution is 5.34. The topological polar surface area (TPSA) is 287 Å². The Morgan fingerprint density at radius 2 is 1.21 bits per heavy atom. The summed E-state index contributed by atoms with van der Waals surface area (Å²) in [6.07, 6.45) is -15.3. The summed E-state index contributed by atoms with van der Waals surface area (Å²) in [6, 6.07) is 0. The monoisotopic (exact) mass is 943 g/mol. The van der Waals surface area contributed by atoms with E-state index in [1.54, 1.807) is 0 Å². The molecule has 5 aliphatic carbocycles. The molecule has 1 spiro atoms. The van der Waals surface area contributed by atoms with Crippen molar-refractivity contribution < 1.29 is 89.3 Å². The van der Waals surface area contributed by atoms with Gasteiger partial charge < -0.3 is 89.3 Å². The number of fused-ring (bicyclic) bond motifs is 4. The summed E-state index contributed by atoms with van der Waals surface area (Å²) in [6.45, 7) is 16.6. The Bertz CT molecular complexity index is 1800. The second kappa shape index (κ2) is 17.0. The Balaban J connectivity index is 0.969. The first-order chi connectivity index (χ1) is 30.9. The summed E-state index contributed by atoms with van der Waals surface area (Å²) >= 11 is 0. The van der Waals surface area contributed by atoms with Crippen LogP contribution in [0, 0.1) is 50.2 Å². The maximum atomic E-state index is 12.4. The molecule has 18 heteroatoms. The van der Waals surface area contributed by atoms with Crippen LogP contribution < -0.4 is 0 Å². The van der Waals surface area contributed by atoms with E-state index in [4.69, 9.17) is 33.2 Å². The van der Waals surface area contributed by atoms with Gasteiger partial charge in [0.05, 0.1) is 43.2 Å². The molecule has 25 atom stereocenters. The summed E-state index contributed by atoms with van der Waals surface area (Å²) in [7, 11) is 0. The van der Waals surface area contributed by atoms with Crippen molar-refractivity contribution in [3.63, 3.8) is 0 Å². The van der Waals surface area contributed by atoms with E-state index in [-0.39, 0.29) is 52.6 Å². The number of hydrogen-bond donors (Lipinski definition) is 11. The van der Waals surface area contributed by atoms with Gasteiger partial charge in [-0.1, -0.05) is 48.1 Å². The average molecular weight is 943 g/mol. The van der Waals surface area contributed by atoms with Gasteiger partial charge in [-0.3, -0.25) is 0 Å². The fourth-order valence-corrected chi connectivity index (χ4v) is 16.4. The van der Waals surface area contributed by atoms with Crippen molar-refractivity contribution in [3.05, 3.63) is 12.3 Å². The molecule has 9 aliphatic rings. The van der Waals surface area contributed by atoms with Crippen LogP contribution in [0.4, 0.5) is 0 Å². The van der Waals surface area contributed by atoms with E-state index >= 15 is 0 Å². The third-order valence-corrected chi connectivity index (χ3v) is 20.4. The van der Waals surface area contributed by atoms with Gasteiger partial charge in [0, 0.05) is 17.9 Å². The normalized spacial score (nSPS) is 57.8. The number of aliphatic hydroxyl groups excluding tert-OH is 11. The molecule has 4 saturated heterocycles. The zero-order chi connectivity index (χ0) is 47.9. The van der Waals surface area contributed by atoms with Crippen LogP contribution in [-0.4, -0.2) is 186 Å². The van der Waals surface area contributed by atoms with E-state index in [0.717, 1.165) is 57.1 Å². The van der Waals surface area contributed by atoms with Crippen LogP contribution in [-0.2, 0) is 33.2 Å². The van der Waals surface area contributed by atoms with Gasteiger partial charge in [0.15, 0.2) is 18.9 Å². The molecule has 0 unspecified atom stereocenters. The number of rotatable bonds is 9. The molecule has 0 aromatic heterocycles. The van der Waals surface area contributed by atoms with Crippen LogP contribution in [0.2, 0.25) is 0 Å². The lowest BCUT2D eigenvalue weighted by atomic mass is 9.30. The van der Waals surface area contributed by atoms with Gasteiger partial charge in [-0.05, 0) is 97.7 Å². The molecule has 0 aromatic carbocycles. The molecule has 2 bridgehead atoms. The zero-order valence-corrected chi connectivity index (χ0v) is 39.4. The van der Waals surface area contributed by atoms with Gasteiger partial charge in [-0.15, -0.1) is 0 Å². The highest BCUT2D eigenvalue weighted by Gasteiger charge is 2.81. The van der Waals surface area contributed by atoms with Gasteiger partial charge in [0.1, 0.15) is 72.7 Å². The van der Waals surface area contributed by atoms with Crippen molar-refractivity contribution in [1.29, 1.82) is 0 Å². The first-order valence-corrected chi connectivity index (χ1v) is 24.5. The molecule has 5 saturated carbocycles. The Morgan fingerprint density at radius 3 is 1.82 bits per heavy atom. The Morgan fingerprint density at radius 1 is 0.606 bits per heavy atom. The lowest BCUT2D eigenvalue weighted by molar-refractivity contribution is -0.383. The molecule has 378 valence electrons. The van der Waals surface area contributed by atoms with E-state index in [0.29, 0.717) is 12.8 Å². The van der Waals surface area contributed by atoms with Gasteiger partial charge in [-0.25, -0.2) is 0 Å². The summed E-state index contributed by atoms with van der Waals surface area (Å²) in [5.41, 5.74) is -2.49. The van der Waals surface area contributed by atoms with Crippen LogP contribution in [0.5, 0.6) is 0 Å². The maximum Gasteiger partial charge on any atom is 0.187 e. The van der Waals surface area contributed by atoms with Gasteiger partial charge >= 0.3 is 0 Å². The smallest absolute Gasteiger partial charge is 0.187 e. The van der Waals surface area contributed by atoms with E-state index in [1.165, 1.54) is 0 Å². The molecule has 0 aromatic rings. The summed E-state index contributed by atoms with van der Waals surface area (Å²) in [5.74, 6) is 1.21. The lowest BCUT2D eigenvalue weighted by Gasteiger charge is -2.74. The van der Waals surface area contributed by atoms with Gasteiger partial charge in [0.2, 0.25) is 0 Å². The molecule has 4 heterocycles. The molecule has 18 nitrogen and oxygen atoms in total. The molecule has 0 radical (unpaired) electrons. The van der Waals surface area contributed by atoms with Crippen LogP contribution in [0.3, 0.4) is 0 Å². The minimum Gasteiger partial charge on any atom is -0.491 e. The third kappa shape index (κ3) is 6.89. The van der Waals surface area contributed by atoms with Crippen molar-refractivity contribution in [2.24, 2.45) is 50.2 Å². The van der Waals surface area contributed by atoms with Crippen molar-refractivity contribution in [2.45, 2.75) is 210 Å². The predicted octanol–water partition coefficient (Wildman–Crippen LogP) is -0.0497. The average Bonchev–Trinajstić information content (AvgIpc) is 3.49. The standard InChI is InChI=1S/C48H78O18/c1-22-47-15-14-43(4,21-51)16-28(47)48(66-22)13-9-27-44(5)11-10-30(42(2,3)26(44)8-12-45(27,6)46(48,7)17-29(47)52)64-41-38(65-40-37(59)35(57)32(54)24(19-50)62-40)33(55)25(20-60-41)63-39-36(58)34(56)31(53)23(18-49)61-39/h23-41,49-59H,1,8-21H2,2-7H3/t23-,24-,25+,26+,27-,28-,29-,30+,31-,32-,33+,34+,35+,36-,37-,38-,39+,40+,41+,43+,44+,45-,46+,47-,48+/m1/s1. The quantitative estimate of drug-likeness (QED) is 0.135. The summed E-state index contributed by atoms with van der Waals surface area (Å²) in [4.78, 5) is 0. The second-order valence-corrected chi connectivity index (χ2v) is 23.7. The number of hydrogen-bond acceptors (Lipinski definition) is 18. The molecule has 9 fully saturated rings. The number of ether oxygens (including phenoxy) is 7.